The lowest BCUT2D eigenvalue weighted by Gasteiger charge is -2.08. The van der Waals surface area contributed by atoms with Crippen molar-refractivity contribution < 1.29 is 4.74 Å². The van der Waals surface area contributed by atoms with Gasteiger partial charge in [0, 0.05) is 6.42 Å². The lowest BCUT2D eigenvalue weighted by atomic mass is 10.1. The highest BCUT2D eigenvalue weighted by atomic mass is 16.5. The maximum Gasteiger partial charge on any atom is 0.0888 e. The number of unbranched alkanes of at least 4 members (excludes halogenated alkanes) is 10. The number of hydrogen-bond donors (Lipinski definition) is 0. The first-order valence-corrected chi connectivity index (χ1v) is 8.61. The fourth-order valence-electron chi connectivity index (χ4n) is 2.27. The van der Waals surface area contributed by atoms with Crippen molar-refractivity contribution in [2.45, 2.75) is 97.3 Å². The second-order valence-corrected chi connectivity index (χ2v) is 5.67. The van der Waals surface area contributed by atoms with Crippen LogP contribution < -0.4 is 0 Å². The van der Waals surface area contributed by atoms with Gasteiger partial charge in [-0.1, -0.05) is 84.6 Å². The van der Waals surface area contributed by atoms with Crippen LogP contribution in [0.25, 0.3) is 0 Å². The third-order valence-corrected chi connectivity index (χ3v) is 3.61. The molecule has 1 nitrogen and oxygen atoms in total. The molecule has 0 amide bonds. The van der Waals surface area contributed by atoms with Crippen LogP contribution in [-0.2, 0) is 4.74 Å². The molecule has 0 saturated heterocycles. The van der Waals surface area contributed by atoms with Gasteiger partial charge in [0.25, 0.3) is 0 Å². The molecule has 0 radical (unpaired) electrons. The van der Waals surface area contributed by atoms with Crippen molar-refractivity contribution in [1.82, 2.24) is 0 Å². The molecular formula is C18H36O. The predicted octanol–water partition coefficient (Wildman–Crippen LogP) is 6.63. The summed E-state index contributed by atoms with van der Waals surface area (Å²) >= 11 is 0. The normalized spacial score (nSPS) is 10.6. The summed E-state index contributed by atoms with van der Waals surface area (Å²) in [7, 11) is 0. The largest absolute Gasteiger partial charge is 0.499 e. The fraction of sp³-hybridized carbons (Fsp3) is 0.889. The average molecular weight is 268 g/mol. The molecule has 0 heterocycles. The number of rotatable bonds is 15. The standard InChI is InChI=1S/C18H36O/c1-4-6-8-9-10-11-12-13-15-17-19-18(3)16-14-7-5-2/h3-17H2,1-2H3. The van der Waals surface area contributed by atoms with Gasteiger partial charge in [-0.2, -0.15) is 0 Å². The van der Waals surface area contributed by atoms with Gasteiger partial charge in [0.05, 0.1) is 12.4 Å². The molecule has 0 aromatic carbocycles. The first-order chi connectivity index (χ1) is 9.31. The van der Waals surface area contributed by atoms with Crippen LogP contribution in [0.15, 0.2) is 12.3 Å². The molecule has 0 N–H and O–H groups in total. The van der Waals surface area contributed by atoms with Gasteiger partial charge >= 0.3 is 0 Å². The fourth-order valence-corrected chi connectivity index (χ4v) is 2.27. The molecular weight excluding hydrogens is 232 g/mol. The van der Waals surface area contributed by atoms with E-state index in [-0.39, 0.29) is 0 Å². The minimum absolute atomic E-state index is 0.876. The maximum atomic E-state index is 5.65. The van der Waals surface area contributed by atoms with Crippen LogP contribution >= 0.6 is 0 Å². The Morgan fingerprint density at radius 3 is 1.74 bits per heavy atom. The predicted molar refractivity (Wildman–Crippen MR) is 86.5 cm³/mol. The van der Waals surface area contributed by atoms with Crippen LogP contribution in [0.3, 0.4) is 0 Å². The summed E-state index contributed by atoms with van der Waals surface area (Å²) in [5, 5.41) is 0. The second-order valence-electron chi connectivity index (χ2n) is 5.67. The topological polar surface area (TPSA) is 9.23 Å². The van der Waals surface area contributed by atoms with Gasteiger partial charge in [0.1, 0.15) is 0 Å². The van der Waals surface area contributed by atoms with Crippen LogP contribution in [0.5, 0.6) is 0 Å². The quantitative estimate of drug-likeness (QED) is 0.239. The van der Waals surface area contributed by atoms with Crippen LogP contribution in [-0.4, -0.2) is 6.61 Å². The lowest BCUT2D eigenvalue weighted by Crippen LogP contribution is -1.94. The summed E-state index contributed by atoms with van der Waals surface area (Å²) < 4.78 is 5.65. The molecule has 0 aliphatic heterocycles. The second kappa shape index (κ2) is 15.6. The molecule has 0 atom stereocenters. The molecule has 0 aromatic heterocycles. The number of ether oxygens (including phenoxy) is 1. The van der Waals surface area contributed by atoms with Crippen molar-refractivity contribution >= 4 is 0 Å². The van der Waals surface area contributed by atoms with E-state index >= 15 is 0 Å². The van der Waals surface area contributed by atoms with Crippen molar-refractivity contribution in [1.29, 1.82) is 0 Å². The Morgan fingerprint density at radius 1 is 0.684 bits per heavy atom. The molecule has 0 spiro atoms. The summed E-state index contributed by atoms with van der Waals surface area (Å²) in [5.74, 6) is 0.994. The smallest absolute Gasteiger partial charge is 0.0888 e. The van der Waals surface area contributed by atoms with Crippen LogP contribution in [0, 0.1) is 0 Å². The molecule has 19 heavy (non-hydrogen) atoms. The summed E-state index contributed by atoms with van der Waals surface area (Å²) in [6.45, 7) is 9.36. The van der Waals surface area contributed by atoms with E-state index < -0.39 is 0 Å². The SMILES string of the molecule is C=C(CCCCC)OCCCCCCCCCCC. The summed E-state index contributed by atoms with van der Waals surface area (Å²) in [4.78, 5) is 0. The van der Waals surface area contributed by atoms with Crippen LogP contribution in [0.2, 0.25) is 0 Å². The third-order valence-electron chi connectivity index (χ3n) is 3.61. The Labute approximate surface area is 121 Å². The van der Waals surface area contributed by atoms with E-state index in [0.717, 1.165) is 18.8 Å². The molecule has 114 valence electrons. The first-order valence-electron chi connectivity index (χ1n) is 8.61. The Balaban J connectivity index is 3.07. The minimum atomic E-state index is 0.876. The molecule has 0 fully saturated rings. The molecule has 0 saturated carbocycles. The molecule has 0 unspecified atom stereocenters. The molecule has 0 rings (SSSR count). The van der Waals surface area contributed by atoms with E-state index in [0.29, 0.717) is 0 Å². The van der Waals surface area contributed by atoms with Crippen molar-refractivity contribution in [3.8, 4) is 0 Å². The van der Waals surface area contributed by atoms with Gasteiger partial charge in [-0.3, -0.25) is 0 Å². The minimum Gasteiger partial charge on any atom is -0.499 e. The number of hydrogen-bond acceptors (Lipinski definition) is 1. The van der Waals surface area contributed by atoms with Gasteiger partial charge in [0.2, 0.25) is 0 Å². The monoisotopic (exact) mass is 268 g/mol. The van der Waals surface area contributed by atoms with Crippen LogP contribution in [0.4, 0.5) is 0 Å². The van der Waals surface area contributed by atoms with E-state index in [1.807, 2.05) is 0 Å². The Bertz CT molecular complexity index is 186. The van der Waals surface area contributed by atoms with E-state index in [1.165, 1.54) is 77.0 Å². The number of allylic oxidation sites excluding steroid dienone is 1. The Kier molecular flexibility index (Phi) is 15.2. The highest BCUT2D eigenvalue weighted by Gasteiger charge is 1.96. The zero-order chi connectivity index (χ0) is 14.2. The van der Waals surface area contributed by atoms with E-state index in [1.54, 1.807) is 0 Å². The summed E-state index contributed by atoms with van der Waals surface area (Å²) in [6, 6.07) is 0. The Hall–Kier alpha value is -0.460. The van der Waals surface area contributed by atoms with E-state index in [9.17, 15) is 0 Å². The zero-order valence-electron chi connectivity index (χ0n) is 13.5. The lowest BCUT2D eigenvalue weighted by molar-refractivity contribution is 0.195. The van der Waals surface area contributed by atoms with Crippen molar-refractivity contribution in [2.75, 3.05) is 6.61 Å². The highest BCUT2D eigenvalue weighted by molar-refractivity contribution is 4.81. The summed E-state index contributed by atoms with van der Waals surface area (Å²) in [6.07, 6.45) is 17.2. The van der Waals surface area contributed by atoms with Crippen molar-refractivity contribution in [3.05, 3.63) is 12.3 Å². The molecule has 0 aliphatic carbocycles. The van der Waals surface area contributed by atoms with Crippen molar-refractivity contribution in [2.24, 2.45) is 0 Å². The molecule has 0 aliphatic rings. The van der Waals surface area contributed by atoms with Gasteiger partial charge < -0.3 is 4.74 Å². The molecule has 0 aromatic rings. The van der Waals surface area contributed by atoms with Crippen LogP contribution in [0.1, 0.15) is 97.3 Å². The van der Waals surface area contributed by atoms with Gasteiger partial charge in [-0.15, -0.1) is 0 Å². The van der Waals surface area contributed by atoms with Gasteiger partial charge in [0.15, 0.2) is 0 Å². The van der Waals surface area contributed by atoms with Gasteiger partial charge in [-0.05, 0) is 12.8 Å². The average Bonchev–Trinajstić information content (AvgIpc) is 2.41. The first kappa shape index (κ1) is 18.5. The van der Waals surface area contributed by atoms with Crippen molar-refractivity contribution in [3.63, 3.8) is 0 Å². The summed E-state index contributed by atoms with van der Waals surface area (Å²) in [5.41, 5.74) is 0. The van der Waals surface area contributed by atoms with E-state index in [2.05, 4.69) is 20.4 Å². The highest BCUT2D eigenvalue weighted by Crippen LogP contribution is 2.11. The van der Waals surface area contributed by atoms with E-state index in [4.69, 9.17) is 4.74 Å². The Morgan fingerprint density at radius 2 is 1.16 bits per heavy atom. The molecule has 1 heteroatoms. The maximum absolute atomic E-state index is 5.65. The molecule has 0 bridgehead atoms. The van der Waals surface area contributed by atoms with Gasteiger partial charge in [-0.25, -0.2) is 0 Å². The third kappa shape index (κ3) is 15.5. The zero-order valence-corrected chi connectivity index (χ0v) is 13.5.